The van der Waals surface area contributed by atoms with E-state index in [0.717, 1.165) is 17.9 Å². The number of ether oxygens (including phenoxy) is 1. The molecule has 6 nitrogen and oxygen atoms in total. The molecule has 0 bridgehead atoms. The molecule has 1 aromatic carbocycles. The average molecular weight is 469 g/mol. The number of guanidine groups is 1. The van der Waals surface area contributed by atoms with Gasteiger partial charge in [0.1, 0.15) is 15.6 Å². The SMILES string of the molecule is CCNC(=NCc1ccc(OC)cc1)NC(C)CCS(C)(=O)=O.I. The molecule has 0 saturated carbocycles. The first-order valence-electron chi connectivity index (χ1n) is 7.69. The van der Waals surface area contributed by atoms with Gasteiger partial charge in [-0.15, -0.1) is 24.0 Å². The van der Waals surface area contributed by atoms with Crippen LogP contribution >= 0.6 is 24.0 Å². The van der Waals surface area contributed by atoms with Gasteiger partial charge in [-0.3, -0.25) is 0 Å². The predicted octanol–water partition coefficient (Wildman–Crippen LogP) is 2.19. The van der Waals surface area contributed by atoms with Gasteiger partial charge in [-0.1, -0.05) is 12.1 Å². The maximum absolute atomic E-state index is 11.2. The minimum Gasteiger partial charge on any atom is -0.497 e. The highest BCUT2D eigenvalue weighted by atomic mass is 127. The fourth-order valence-corrected chi connectivity index (χ4v) is 2.70. The zero-order chi connectivity index (χ0) is 17.3. The van der Waals surface area contributed by atoms with Crippen LogP contribution in [0, 0.1) is 0 Å². The van der Waals surface area contributed by atoms with Crippen LogP contribution < -0.4 is 15.4 Å². The van der Waals surface area contributed by atoms with E-state index < -0.39 is 9.84 Å². The Morgan fingerprint density at radius 2 is 1.92 bits per heavy atom. The van der Waals surface area contributed by atoms with Crippen LogP contribution in [0.2, 0.25) is 0 Å². The number of halogens is 1. The molecule has 2 N–H and O–H groups in total. The highest BCUT2D eigenvalue weighted by Gasteiger charge is 2.09. The molecule has 138 valence electrons. The molecular formula is C16H28IN3O3S. The van der Waals surface area contributed by atoms with Crippen LogP contribution in [0.3, 0.4) is 0 Å². The van der Waals surface area contributed by atoms with Gasteiger partial charge in [0, 0.05) is 18.8 Å². The summed E-state index contributed by atoms with van der Waals surface area (Å²) in [5.41, 5.74) is 1.08. The number of methoxy groups -OCH3 is 1. The molecule has 0 aliphatic heterocycles. The Morgan fingerprint density at radius 3 is 2.42 bits per heavy atom. The molecule has 0 aromatic heterocycles. The summed E-state index contributed by atoms with van der Waals surface area (Å²) in [6.45, 7) is 5.22. The molecule has 0 heterocycles. The van der Waals surface area contributed by atoms with Crippen molar-refractivity contribution in [3.63, 3.8) is 0 Å². The van der Waals surface area contributed by atoms with Crippen LogP contribution in [0.25, 0.3) is 0 Å². The van der Waals surface area contributed by atoms with Crippen molar-refractivity contribution in [3.05, 3.63) is 29.8 Å². The van der Waals surface area contributed by atoms with Crippen LogP contribution in [0.4, 0.5) is 0 Å². The van der Waals surface area contributed by atoms with Gasteiger partial charge in [0.25, 0.3) is 0 Å². The molecular weight excluding hydrogens is 441 g/mol. The summed E-state index contributed by atoms with van der Waals surface area (Å²) in [6.07, 6.45) is 1.80. The molecule has 0 saturated heterocycles. The van der Waals surface area contributed by atoms with E-state index in [2.05, 4.69) is 15.6 Å². The minimum absolute atomic E-state index is 0. The summed E-state index contributed by atoms with van der Waals surface area (Å²) in [5.74, 6) is 1.67. The van der Waals surface area contributed by atoms with Gasteiger partial charge in [-0.2, -0.15) is 0 Å². The number of hydrogen-bond acceptors (Lipinski definition) is 4. The second-order valence-corrected chi connectivity index (χ2v) is 7.77. The highest BCUT2D eigenvalue weighted by molar-refractivity contribution is 14.0. The van der Waals surface area contributed by atoms with E-state index in [-0.39, 0.29) is 35.8 Å². The Morgan fingerprint density at radius 1 is 1.29 bits per heavy atom. The Hall–Kier alpha value is -1.03. The van der Waals surface area contributed by atoms with Gasteiger partial charge in [-0.05, 0) is 38.0 Å². The van der Waals surface area contributed by atoms with Crippen molar-refractivity contribution in [1.29, 1.82) is 0 Å². The monoisotopic (exact) mass is 469 g/mol. The molecule has 1 unspecified atom stereocenters. The number of nitrogens with zero attached hydrogens (tertiary/aromatic N) is 1. The lowest BCUT2D eigenvalue weighted by Crippen LogP contribution is -2.42. The third kappa shape index (κ3) is 9.96. The normalized spacial score (nSPS) is 12.9. The number of nitrogens with one attached hydrogen (secondary N) is 2. The van der Waals surface area contributed by atoms with Crippen LogP contribution in [-0.4, -0.2) is 46.1 Å². The van der Waals surface area contributed by atoms with Crippen molar-refractivity contribution in [2.45, 2.75) is 32.9 Å². The summed E-state index contributed by atoms with van der Waals surface area (Å²) < 4.78 is 27.6. The molecule has 0 radical (unpaired) electrons. The third-order valence-corrected chi connectivity index (χ3v) is 4.21. The van der Waals surface area contributed by atoms with Crippen LogP contribution in [-0.2, 0) is 16.4 Å². The second-order valence-electron chi connectivity index (χ2n) is 5.51. The Labute approximate surface area is 162 Å². The number of aliphatic imine (C=N–C) groups is 1. The van der Waals surface area contributed by atoms with Crippen LogP contribution in [0.1, 0.15) is 25.8 Å². The first-order valence-corrected chi connectivity index (χ1v) is 9.75. The number of rotatable bonds is 8. The maximum Gasteiger partial charge on any atom is 0.191 e. The number of sulfone groups is 1. The van der Waals surface area contributed by atoms with Gasteiger partial charge in [0.2, 0.25) is 0 Å². The molecule has 1 rings (SSSR count). The fourth-order valence-electron chi connectivity index (χ4n) is 1.92. The van der Waals surface area contributed by atoms with Gasteiger partial charge < -0.3 is 15.4 Å². The van der Waals surface area contributed by atoms with Crippen LogP contribution in [0.5, 0.6) is 5.75 Å². The second kappa shape index (κ2) is 11.5. The summed E-state index contributed by atoms with van der Waals surface area (Å²) in [6, 6.07) is 7.77. The van der Waals surface area contributed by atoms with Crippen molar-refractivity contribution in [3.8, 4) is 5.75 Å². The lowest BCUT2D eigenvalue weighted by atomic mass is 10.2. The van der Waals surface area contributed by atoms with E-state index in [1.807, 2.05) is 38.1 Å². The van der Waals surface area contributed by atoms with Crippen molar-refractivity contribution >= 4 is 39.8 Å². The van der Waals surface area contributed by atoms with E-state index in [0.29, 0.717) is 18.9 Å². The van der Waals surface area contributed by atoms with Crippen molar-refractivity contribution in [1.82, 2.24) is 10.6 Å². The first-order chi connectivity index (χ1) is 10.8. The van der Waals surface area contributed by atoms with Gasteiger partial charge in [0.15, 0.2) is 5.96 Å². The summed E-state index contributed by atoms with van der Waals surface area (Å²) in [4.78, 5) is 4.53. The minimum atomic E-state index is -2.94. The van der Waals surface area contributed by atoms with E-state index >= 15 is 0 Å². The summed E-state index contributed by atoms with van der Waals surface area (Å²) in [5, 5.41) is 6.40. The fraction of sp³-hybridized carbons (Fsp3) is 0.562. The molecule has 0 spiro atoms. The van der Waals surface area contributed by atoms with E-state index in [9.17, 15) is 8.42 Å². The van der Waals surface area contributed by atoms with Gasteiger partial charge in [0.05, 0.1) is 19.4 Å². The van der Waals surface area contributed by atoms with Gasteiger partial charge >= 0.3 is 0 Å². The molecule has 1 aromatic rings. The topological polar surface area (TPSA) is 79.8 Å². The Balaban J connectivity index is 0.00000529. The molecule has 0 amide bonds. The predicted molar refractivity (Wildman–Crippen MR) is 110 cm³/mol. The Kier molecular flexibility index (Phi) is 11.0. The highest BCUT2D eigenvalue weighted by Crippen LogP contribution is 2.11. The summed E-state index contributed by atoms with van der Waals surface area (Å²) >= 11 is 0. The van der Waals surface area contributed by atoms with E-state index in [4.69, 9.17) is 4.74 Å². The quantitative estimate of drug-likeness (QED) is 0.347. The largest absolute Gasteiger partial charge is 0.497 e. The van der Waals surface area contributed by atoms with Crippen molar-refractivity contribution in [2.24, 2.45) is 4.99 Å². The molecule has 24 heavy (non-hydrogen) atoms. The molecule has 8 heteroatoms. The van der Waals surface area contributed by atoms with E-state index in [1.54, 1.807) is 7.11 Å². The maximum atomic E-state index is 11.2. The van der Waals surface area contributed by atoms with Crippen molar-refractivity contribution < 1.29 is 13.2 Å². The third-order valence-electron chi connectivity index (χ3n) is 3.23. The van der Waals surface area contributed by atoms with Crippen LogP contribution in [0.15, 0.2) is 29.3 Å². The number of hydrogen-bond donors (Lipinski definition) is 2. The zero-order valence-electron chi connectivity index (χ0n) is 14.7. The lowest BCUT2D eigenvalue weighted by Gasteiger charge is -2.17. The first kappa shape index (κ1) is 23.0. The standard InChI is InChI=1S/C16H27N3O3S.HI/c1-5-17-16(19-13(2)10-11-23(4,20)21)18-12-14-6-8-15(22-3)9-7-14;/h6-9,13H,5,10-12H2,1-4H3,(H2,17,18,19);1H. The van der Waals surface area contributed by atoms with Gasteiger partial charge in [-0.25, -0.2) is 13.4 Å². The number of benzene rings is 1. The lowest BCUT2D eigenvalue weighted by molar-refractivity contribution is 0.414. The summed E-state index contributed by atoms with van der Waals surface area (Å²) in [7, 11) is -1.30. The smallest absolute Gasteiger partial charge is 0.191 e. The molecule has 1 atom stereocenters. The van der Waals surface area contributed by atoms with E-state index in [1.165, 1.54) is 6.26 Å². The molecule has 0 aliphatic rings. The molecule has 0 aliphatic carbocycles. The molecule has 0 fully saturated rings. The average Bonchev–Trinajstić information content (AvgIpc) is 2.51. The Bertz CT molecular complexity index is 603. The zero-order valence-corrected chi connectivity index (χ0v) is 17.9. The van der Waals surface area contributed by atoms with Crippen molar-refractivity contribution in [2.75, 3.05) is 25.7 Å².